The van der Waals surface area contributed by atoms with E-state index in [-0.39, 0.29) is 12.1 Å². The van der Waals surface area contributed by atoms with E-state index >= 15 is 0 Å². The Kier molecular flexibility index (Phi) is 4.97. The van der Waals surface area contributed by atoms with Crippen molar-refractivity contribution in [3.8, 4) is 0 Å². The molecule has 16 heavy (non-hydrogen) atoms. The molecule has 2 nitrogen and oxygen atoms in total. The zero-order valence-electron chi connectivity index (χ0n) is 10.6. The van der Waals surface area contributed by atoms with Crippen LogP contribution in [-0.4, -0.2) is 28.7 Å². The van der Waals surface area contributed by atoms with Crippen LogP contribution in [0.5, 0.6) is 0 Å². The number of nitrogens with zero attached hydrogens (tertiary/aromatic N) is 1. The minimum absolute atomic E-state index is 0.0549. The van der Waals surface area contributed by atoms with Gasteiger partial charge in [-0.3, -0.25) is 4.90 Å². The fourth-order valence-electron chi connectivity index (χ4n) is 1.99. The van der Waals surface area contributed by atoms with Crippen LogP contribution in [0, 0.1) is 0 Å². The molecule has 0 saturated carbocycles. The molecule has 90 valence electrons. The lowest BCUT2D eigenvalue weighted by molar-refractivity contribution is 0.0877. The van der Waals surface area contributed by atoms with Crippen LogP contribution in [0.2, 0.25) is 0 Å². The normalized spacial score (nSPS) is 12.1. The zero-order chi connectivity index (χ0) is 12.0. The second-order valence-electron chi connectivity index (χ2n) is 4.79. The second kappa shape index (κ2) is 6.02. The van der Waals surface area contributed by atoms with E-state index in [0.29, 0.717) is 0 Å². The Balaban J connectivity index is 2.69. The van der Waals surface area contributed by atoms with Crippen LogP contribution in [0.3, 0.4) is 0 Å². The summed E-state index contributed by atoms with van der Waals surface area (Å²) in [6.45, 7) is 8.75. The maximum atomic E-state index is 9.09. The lowest BCUT2D eigenvalue weighted by atomic mass is 9.97. The molecule has 0 aliphatic rings. The first kappa shape index (κ1) is 13.2. The van der Waals surface area contributed by atoms with Crippen LogP contribution in [-0.2, 0) is 6.54 Å². The Morgan fingerprint density at radius 1 is 1.19 bits per heavy atom. The highest BCUT2D eigenvalue weighted by Gasteiger charge is 2.24. The lowest BCUT2D eigenvalue weighted by Crippen LogP contribution is -2.43. The summed E-state index contributed by atoms with van der Waals surface area (Å²) in [4.78, 5) is 2.40. The average molecular weight is 221 g/mol. The summed E-state index contributed by atoms with van der Waals surface area (Å²) in [7, 11) is 0. The molecule has 0 aromatic heterocycles. The van der Waals surface area contributed by atoms with Crippen molar-refractivity contribution in [2.24, 2.45) is 0 Å². The summed E-state index contributed by atoms with van der Waals surface area (Å²) >= 11 is 0. The SMILES string of the molecule is CCN(Cc1ccccc1)C(C)(C)CCO. The molecule has 1 rings (SSSR count). The van der Waals surface area contributed by atoms with Crippen molar-refractivity contribution < 1.29 is 5.11 Å². The summed E-state index contributed by atoms with van der Waals surface area (Å²) < 4.78 is 0. The van der Waals surface area contributed by atoms with Gasteiger partial charge in [-0.15, -0.1) is 0 Å². The minimum atomic E-state index is 0.0549. The van der Waals surface area contributed by atoms with Gasteiger partial charge in [-0.05, 0) is 32.4 Å². The van der Waals surface area contributed by atoms with Gasteiger partial charge in [0.05, 0.1) is 0 Å². The molecule has 0 bridgehead atoms. The summed E-state index contributed by atoms with van der Waals surface area (Å²) in [5.41, 5.74) is 1.38. The molecule has 0 aliphatic heterocycles. The molecule has 0 saturated heterocycles. The highest BCUT2D eigenvalue weighted by Crippen LogP contribution is 2.20. The van der Waals surface area contributed by atoms with Gasteiger partial charge < -0.3 is 5.11 Å². The van der Waals surface area contributed by atoms with Crippen molar-refractivity contribution in [1.82, 2.24) is 4.90 Å². The van der Waals surface area contributed by atoms with Crippen LogP contribution in [0.1, 0.15) is 32.8 Å². The quantitative estimate of drug-likeness (QED) is 0.798. The first-order valence-electron chi connectivity index (χ1n) is 6.00. The molecule has 0 radical (unpaired) electrons. The minimum Gasteiger partial charge on any atom is -0.396 e. The van der Waals surface area contributed by atoms with Gasteiger partial charge in [0, 0.05) is 18.7 Å². The molecular weight excluding hydrogens is 198 g/mol. The van der Waals surface area contributed by atoms with E-state index in [1.54, 1.807) is 0 Å². The van der Waals surface area contributed by atoms with Gasteiger partial charge in [-0.1, -0.05) is 37.3 Å². The van der Waals surface area contributed by atoms with E-state index in [9.17, 15) is 0 Å². The highest BCUT2D eigenvalue weighted by molar-refractivity contribution is 5.14. The van der Waals surface area contributed by atoms with Gasteiger partial charge in [0.15, 0.2) is 0 Å². The largest absolute Gasteiger partial charge is 0.396 e. The number of aliphatic hydroxyl groups is 1. The van der Waals surface area contributed by atoms with E-state index in [0.717, 1.165) is 19.5 Å². The third kappa shape index (κ3) is 3.62. The van der Waals surface area contributed by atoms with Gasteiger partial charge >= 0.3 is 0 Å². The smallest absolute Gasteiger partial charge is 0.0448 e. The van der Waals surface area contributed by atoms with Crippen molar-refractivity contribution >= 4 is 0 Å². The van der Waals surface area contributed by atoms with Crippen molar-refractivity contribution in [2.45, 2.75) is 39.3 Å². The van der Waals surface area contributed by atoms with Gasteiger partial charge in [0.2, 0.25) is 0 Å². The summed E-state index contributed by atoms with van der Waals surface area (Å²) in [5.74, 6) is 0. The van der Waals surface area contributed by atoms with Gasteiger partial charge in [0.1, 0.15) is 0 Å². The number of aliphatic hydroxyl groups excluding tert-OH is 1. The van der Waals surface area contributed by atoms with Gasteiger partial charge in [-0.25, -0.2) is 0 Å². The third-order valence-corrected chi connectivity index (χ3v) is 3.18. The molecule has 0 spiro atoms. The molecule has 0 fully saturated rings. The third-order valence-electron chi connectivity index (χ3n) is 3.18. The van der Waals surface area contributed by atoms with Crippen molar-refractivity contribution in [1.29, 1.82) is 0 Å². The van der Waals surface area contributed by atoms with Crippen LogP contribution in [0.4, 0.5) is 0 Å². The Morgan fingerprint density at radius 3 is 2.31 bits per heavy atom. The van der Waals surface area contributed by atoms with E-state index in [4.69, 9.17) is 5.11 Å². The predicted octanol–water partition coefficient (Wildman–Crippen LogP) is 2.67. The van der Waals surface area contributed by atoms with E-state index < -0.39 is 0 Å². The van der Waals surface area contributed by atoms with Crippen LogP contribution in [0.15, 0.2) is 30.3 Å². The van der Waals surface area contributed by atoms with E-state index in [1.807, 2.05) is 6.07 Å². The zero-order valence-corrected chi connectivity index (χ0v) is 10.6. The number of rotatable bonds is 6. The van der Waals surface area contributed by atoms with Gasteiger partial charge in [-0.2, -0.15) is 0 Å². The lowest BCUT2D eigenvalue weighted by Gasteiger charge is -2.37. The monoisotopic (exact) mass is 221 g/mol. The summed E-state index contributed by atoms with van der Waals surface area (Å²) in [5, 5.41) is 9.09. The fourth-order valence-corrected chi connectivity index (χ4v) is 1.99. The molecule has 1 aromatic carbocycles. The Hall–Kier alpha value is -0.860. The molecule has 0 amide bonds. The molecule has 1 N–H and O–H groups in total. The molecule has 0 atom stereocenters. The van der Waals surface area contributed by atoms with Crippen LogP contribution in [0.25, 0.3) is 0 Å². The Bertz CT molecular complexity index is 295. The van der Waals surface area contributed by atoms with Crippen molar-refractivity contribution in [3.05, 3.63) is 35.9 Å². The summed E-state index contributed by atoms with van der Waals surface area (Å²) in [6.07, 6.45) is 0.813. The van der Waals surface area contributed by atoms with E-state index in [2.05, 4.69) is 49.9 Å². The Morgan fingerprint density at radius 2 is 1.81 bits per heavy atom. The van der Waals surface area contributed by atoms with Crippen molar-refractivity contribution in [3.63, 3.8) is 0 Å². The number of hydrogen-bond donors (Lipinski definition) is 1. The highest BCUT2D eigenvalue weighted by atomic mass is 16.3. The topological polar surface area (TPSA) is 23.5 Å². The van der Waals surface area contributed by atoms with Crippen LogP contribution < -0.4 is 0 Å². The standard InChI is InChI=1S/C14H23NO/c1-4-15(14(2,3)10-11-16)12-13-8-6-5-7-9-13/h5-9,16H,4,10-12H2,1-3H3. The summed E-state index contributed by atoms with van der Waals surface area (Å²) in [6, 6.07) is 10.5. The first-order valence-corrected chi connectivity index (χ1v) is 6.00. The maximum absolute atomic E-state index is 9.09. The molecule has 2 heteroatoms. The maximum Gasteiger partial charge on any atom is 0.0448 e. The molecular formula is C14H23NO. The molecule has 0 unspecified atom stereocenters. The van der Waals surface area contributed by atoms with Crippen molar-refractivity contribution in [2.75, 3.05) is 13.2 Å². The fraction of sp³-hybridized carbons (Fsp3) is 0.571. The predicted molar refractivity (Wildman–Crippen MR) is 68.3 cm³/mol. The first-order chi connectivity index (χ1) is 7.60. The number of benzene rings is 1. The molecule has 0 aliphatic carbocycles. The van der Waals surface area contributed by atoms with Gasteiger partial charge in [0.25, 0.3) is 0 Å². The average Bonchev–Trinajstić information content (AvgIpc) is 2.27. The van der Waals surface area contributed by atoms with Crippen LogP contribution >= 0.6 is 0 Å². The molecule has 1 aromatic rings. The Labute approximate surface area is 98.9 Å². The molecule has 0 heterocycles. The second-order valence-corrected chi connectivity index (χ2v) is 4.79. The number of hydrogen-bond acceptors (Lipinski definition) is 2. The van der Waals surface area contributed by atoms with E-state index in [1.165, 1.54) is 5.56 Å².